The topological polar surface area (TPSA) is 52.6 Å². The SMILES string of the molecule is COC(=O)C[C@H](C=O)c1ccc(OCc2ccccc2)cc1. The van der Waals surface area contributed by atoms with Crippen molar-refractivity contribution in [1.82, 2.24) is 0 Å². The van der Waals surface area contributed by atoms with E-state index in [9.17, 15) is 9.59 Å². The molecule has 0 spiro atoms. The summed E-state index contributed by atoms with van der Waals surface area (Å²) in [5.41, 5.74) is 1.86. The fourth-order valence-corrected chi connectivity index (χ4v) is 2.06. The van der Waals surface area contributed by atoms with Gasteiger partial charge in [-0.2, -0.15) is 0 Å². The van der Waals surface area contributed by atoms with E-state index in [4.69, 9.17) is 4.74 Å². The van der Waals surface area contributed by atoms with Gasteiger partial charge in [-0.15, -0.1) is 0 Å². The van der Waals surface area contributed by atoms with Crippen molar-refractivity contribution in [3.8, 4) is 5.75 Å². The summed E-state index contributed by atoms with van der Waals surface area (Å²) in [6.07, 6.45) is 0.807. The maximum Gasteiger partial charge on any atom is 0.306 e. The summed E-state index contributed by atoms with van der Waals surface area (Å²) in [6.45, 7) is 0.486. The van der Waals surface area contributed by atoms with Crippen LogP contribution in [0.15, 0.2) is 54.6 Å². The van der Waals surface area contributed by atoms with Crippen molar-refractivity contribution < 1.29 is 19.1 Å². The second-order valence-corrected chi connectivity index (χ2v) is 4.87. The third-order valence-electron chi connectivity index (χ3n) is 3.34. The van der Waals surface area contributed by atoms with Crippen LogP contribution in [0.25, 0.3) is 0 Å². The number of carbonyl (C=O) groups excluding carboxylic acids is 2. The van der Waals surface area contributed by atoms with Gasteiger partial charge in [-0.05, 0) is 23.3 Å². The zero-order valence-electron chi connectivity index (χ0n) is 12.4. The summed E-state index contributed by atoms with van der Waals surface area (Å²) < 4.78 is 10.3. The minimum absolute atomic E-state index is 0.0459. The molecule has 0 amide bonds. The Bertz CT molecular complexity index is 605. The van der Waals surface area contributed by atoms with Crippen LogP contribution >= 0.6 is 0 Å². The lowest BCUT2D eigenvalue weighted by Crippen LogP contribution is -2.09. The van der Waals surface area contributed by atoms with E-state index in [1.165, 1.54) is 7.11 Å². The Morgan fingerprint density at radius 1 is 1.09 bits per heavy atom. The highest BCUT2D eigenvalue weighted by Gasteiger charge is 2.15. The Labute approximate surface area is 129 Å². The van der Waals surface area contributed by atoms with Crippen molar-refractivity contribution in [2.75, 3.05) is 7.11 Å². The first-order valence-electron chi connectivity index (χ1n) is 7.01. The lowest BCUT2D eigenvalue weighted by Gasteiger charge is -2.11. The fraction of sp³-hybridized carbons (Fsp3) is 0.222. The summed E-state index contributed by atoms with van der Waals surface area (Å²) in [7, 11) is 1.31. The summed E-state index contributed by atoms with van der Waals surface area (Å²) in [4.78, 5) is 22.4. The number of hydrogen-bond acceptors (Lipinski definition) is 4. The molecule has 2 aromatic rings. The monoisotopic (exact) mass is 298 g/mol. The van der Waals surface area contributed by atoms with Gasteiger partial charge >= 0.3 is 5.97 Å². The number of rotatable bonds is 7. The molecule has 0 aliphatic rings. The Morgan fingerprint density at radius 3 is 2.36 bits per heavy atom. The van der Waals surface area contributed by atoms with Crippen LogP contribution in [0.5, 0.6) is 5.75 Å². The molecule has 0 saturated carbocycles. The highest BCUT2D eigenvalue weighted by atomic mass is 16.5. The maximum absolute atomic E-state index is 11.3. The molecule has 0 aromatic heterocycles. The van der Waals surface area contributed by atoms with Crippen molar-refractivity contribution in [2.45, 2.75) is 18.9 Å². The molecule has 0 unspecified atom stereocenters. The second-order valence-electron chi connectivity index (χ2n) is 4.87. The first kappa shape index (κ1) is 15.8. The summed E-state index contributed by atoms with van der Waals surface area (Å²) in [6, 6.07) is 17.1. The summed E-state index contributed by atoms with van der Waals surface area (Å²) in [5, 5.41) is 0. The van der Waals surface area contributed by atoms with Gasteiger partial charge in [0.1, 0.15) is 18.6 Å². The van der Waals surface area contributed by atoms with Crippen molar-refractivity contribution >= 4 is 12.3 Å². The van der Waals surface area contributed by atoms with Crippen LogP contribution in [0.1, 0.15) is 23.5 Å². The zero-order valence-corrected chi connectivity index (χ0v) is 12.4. The van der Waals surface area contributed by atoms with Crippen LogP contribution in [0.2, 0.25) is 0 Å². The zero-order chi connectivity index (χ0) is 15.8. The predicted octanol–water partition coefficient (Wildman–Crippen LogP) is 3.11. The van der Waals surface area contributed by atoms with Crippen molar-refractivity contribution in [2.24, 2.45) is 0 Å². The molecule has 0 saturated heterocycles. The van der Waals surface area contributed by atoms with E-state index in [2.05, 4.69) is 4.74 Å². The lowest BCUT2D eigenvalue weighted by atomic mass is 9.97. The van der Waals surface area contributed by atoms with Crippen LogP contribution in [0.4, 0.5) is 0 Å². The third-order valence-corrected chi connectivity index (χ3v) is 3.34. The molecule has 0 aliphatic heterocycles. The van der Waals surface area contributed by atoms with Gasteiger partial charge in [-0.1, -0.05) is 42.5 Å². The number of ether oxygens (including phenoxy) is 2. The van der Waals surface area contributed by atoms with Gasteiger partial charge in [0, 0.05) is 0 Å². The van der Waals surface area contributed by atoms with E-state index in [1.807, 2.05) is 30.3 Å². The van der Waals surface area contributed by atoms with Gasteiger partial charge in [0.05, 0.1) is 19.4 Å². The Kier molecular flexibility index (Phi) is 5.72. The number of methoxy groups -OCH3 is 1. The normalized spacial score (nSPS) is 11.5. The number of hydrogen-bond donors (Lipinski definition) is 0. The van der Waals surface area contributed by atoms with Gasteiger partial charge in [0.25, 0.3) is 0 Å². The quantitative estimate of drug-likeness (QED) is 0.582. The molecule has 114 valence electrons. The van der Waals surface area contributed by atoms with Crippen LogP contribution in [0, 0.1) is 0 Å². The van der Waals surface area contributed by atoms with E-state index >= 15 is 0 Å². The van der Waals surface area contributed by atoms with Gasteiger partial charge in [0.15, 0.2) is 0 Å². The van der Waals surface area contributed by atoms with E-state index in [0.717, 1.165) is 23.2 Å². The minimum atomic E-state index is -0.490. The molecular weight excluding hydrogens is 280 g/mol. The minimum Gasteiger partial charge on any atom is -0.489 e. The van der Waals surface area contributed by atoms with E-state index in [0.29, 0.717) is 6.61 Å². The van der Waals surface area contributed by atoms with E-state index < -0.39 is 11.9 Å². The number of benzene rings is 2. The molecule has 1 atom stereocenters. The molecule has 0 heterocycles. The van der Waals surface area contributed by atoms with Crippen molar-refractivity contribution in [3.63, 3.8) is 0 Å². The van der Waals surface area contributed by atoms with Gasteiger partial charge in [0.2, 0.25) is 0 Å². The van der Waals surface area contributed by atoms with E-state index in [-0.39, 0.29) is 6.42 Å². The largest absolute Gasteiger partial charge is 0.489 e. The molecule has 0 N–H and O–H groups in total. The van der Waals surface area contributed by atoms with Crippen molar-refractivity contribution in [3.05, 3.63) is 65.7 Å². The third kappa shape index (κ3) is 4.45. The van der Waals surface area contributed by atoms with Gasteiger partial charge in [-0.3, -0.25) is 4.79 Å². The Hall–Kier alpha value is -2.62. The van der Waals surface area contributed by atoms with Crippen LogP contribution in [-0.2, 0) is 20.9 Å². The average molecular weight is 298 g/mol. The maximum atomic E-state index is 11.3. The van der Waals surface area contributed by atoms with Crippen LogP contribution in [-0.4, -0.2) is 19.4 Å². The molecular formula is C18H18O4. The molecule has 2 rings (SSSR count). The highest BCUT2D eigenvalue weighted by molar-refractivity contribution is 5.76. The Morgan fingerprint density at radius 2 is 1.77 bits per heavy atom. The van der Waals surface area contributed by atoms with Gasteiger partial charge < -0.3 is 14.3 Å². The highest BCUT2D eigenvalue weighted by Crippen LogP contribution is 2.22. The average Bonchev–Trinajstić information content (AvgIpc) is 2.59. The lowest BCUT2D eigenvalue weighted by molar-refractivity contribution is -0.141. The molecule has 0 radical (unpaired) electrons. The molecule has 22 heavy (non-hydrogen) atoms. The molecule has 2 aromatic carbocycles. The summed E-state index contributed by atoms with van der Waals surface area (Å²) in [5.74, 6) is -0.174. The Balaban J connectivity index is 1.97. The fourth-order valence-electron chi connectivity index (χ4n) is 2.06. The molecule has 4 nitrogen and oxygen atoms in total. The van der Waals surface area contributed by atoms with Crippen LogP contribution < -0.4 is 4.74 Å². The number of aldehydes is 1. The van der Waals surface area contributed by atoms with Crippen LogP contribution in [0.3, 0.4) is 0 Å². The smallest absolute Gasteiger partial charge is 0.306 e. The first-order valence-corrected chi connectivity index (χ1v) is 7.01. The molecule has 0 aliphatic carbocycles. The molecule has 4 heteroatoms. The number of esters is 1. The first-order chi connectivity index (χ1) is 10.7. The van der Waals surface area contributed by atoms with Gasteiger partial charge in [-0.25, -0.2) is 0 Å². The number of carbonyl (C=O) groups is 2. The van der Waals surface area contributed by atoms with E-state index in [1.54, 1.807) is 24.3 Å². The predicted molar refractivity (Wildman–Crippen MR) is 82.7 cm³/mol. The standard InChI is InChI=1S/C18H18O4/c1-21-18(20)11-16(12-19)15-7-9-17(10-8-15)22-13-14-5-3-2-4-6-14/h2-10,12,16H,11,13H2,1H3/t16-/m1/s1. The molecule has 0 fully saturated rings. The van der Waals surface area contributed by atoms with Crippen molar-refractivity contribution in [1.29, 1.82) is 0 Å². The summed E-state index contributed by atoms with van der Waals surface area (Å²) >= 11 is 0. The second kappa shape index (κ2) is 7.98. The molecule has 0 bridgehead atoms.